The minimum absolute atomic E-state index is 0. The van der Waals surface area contributed by atoms with E-state index in [-0.39, 0.29) is 19.5 Å². The molecule has 0 atom stereocenters. The van der Waals surface area contributed by atoms with E-state index in [0.717, 1.165) is 0 Å². The van der Waals surface area contributed by atoms with E-state index >= 15 is 0 Å². The van der Waals surface area contributed by atoms with Crippen LogP contribution in [0.15, 0.2) is 0 Å². The summed E-state index contributed by atoms with van der Waals surface area (Å²) in [6.45, 7) is 4.60. The van der Waals surface area contributed by atoms with Gasteiger partial charge in [0.2, 0.25) is 0 Å². The van der Waals surface area contributed by atoms with Crippen LogP contribution in [0.4, 0.5) is 0 Å². The molecule has 0 aliphatic rings. The van der Waals surface area contributed by atoms with Gasteiger partial charge >= 0.3 is 0 Å². The van der Waals surface area contributed by atoms with Crippen LogP contribution in [0.1, 0.15) is 136 Å². The summed E-state index contributed by atoms with van der Waals surface area (Å²) in [5.74, 6) is 0. The molecule has 0 rings (SSSR count). The molecule has 0 nitrogen and oxygen atoms in total. The first kappa shape index (κ1) is 24.9. The van der Waals surface area contributed by atoms with E-state index in [9.17, 15) is 0 Å². The third-order valence-electron chi connectivity index (χ3n) is 4.71. The quantitative estimate of drug-likeness (QED) is 0.170. The van der Waals surface area contributed by atoms with Gasteiger partial charge in [0, 0.05) is 19.5 Å². The first-order valence-electron chi connectivity index (χ1n) is 10.4. The van der Waals surface area contributed by atoms with Gasteiger partial charge in [-0.15, -0.1) is 0 Å². The minimum Gasteiger partial charge on any atom is -0.0654 e. The maximum absolute atomic E-state index is 2.30. The van der Waals surface area contributed by atoms with Crippen molar-refractivity contribution < 1.29 is 19.5 Å². The molecule has 0 fully saturated rings. The van der Waals surface area contributed by atoms with Crippen molar-refractivity contribution in [1.29, 1.82) is 0 Å². The third kappa shape index (κ3) is 22.9. The Morgan fingerprint density at radius 2 is 0.409 bits per heavy atom. The van der Waals surface area contributed by atoms with Crippen molar-refractivity contribution in [2.75, 3.05) is 0 Å². The van der Waals surface area contributed by atoms with Crippen LogP contribution in [0.5, 0.6) is 0 Å². The van der Waals surface area contributed by atoms with Gasteiger partial charge in [0.1, 0.15) is 0 Å². The van der Waals surface area contributed by atoms with E-state index in [2.05, 4.69) is 13.8 Å². The SMILES string of the molecule is CCCCCCCCCCCCCCCCCCCCC.[Zn]. The normalized spacial score (nSPS) is 10.6. The van der Waals surface area contributed by atoms with E-state index < -0.39 is 0 Å². The molecule has 0 saturated heterocycles. The van der Waals surface area contributed by atoms with Gasteiger partial charge in [0.25, 0.3) is 0 Å². The van der Waals surface area contributed by atoms with Gasteiger partial charge in [-0.2, -0.15) is 0 Å². The molecule has 0 bridgehead atoms. The fourth-order valence-corrected chi connectivity index (χ4v) is 3.15. The molecule has 0 aliphatic heterocycles. The Kier molecular flexibility index (Phi) is 27.0. The first-order valence-corrected chi connectivity index (χ1v) is 10.4. The number of hydrogen-bond acceptors (Lipinski definition) is 0. The summed E-state index contributed by atoms with van der Waals surface area (Å²) in [6.07, 6.45) is 27.9. The van der Waals surface area contributed by atoms with Crippen LogP contribution in [0.3, 0.4) is 0 Å². The second kappa shape index (κ2) is 23.9. The van der Waals surface area contributed by atoms with Crippen molar-refractivity contribution in [3.8, 4) is 0 Å². The fourth-order valence-electron chi connectivity index (χ4n) is 3.15. The van der Waals surface area contributed by atoms with Crippen LogP contribution in [0.25, 0.3) is 0 Å². The summed E-state index contributed by atoms with van der Waals surface area (Å²) >= 11 is 0. The average molecular weight is 362 g/mol. The molecule has 0 radical (unpaired) electrons. The van der Waals surface area contributed by atoms with Crippen molar-refractivity contribution in [2.24, 2.45) is 0 Å². The van der Waals surface area contributed by atoms with E-state index in [1.807, 2.05) is 0 Å². The summed E-state index contributed by atoms with van der Waals surface area (Å²) in [4.78, 5) is 0. The maximum atomic E-state index is 2.30. The van der Waals surface area contributed by atoms with Gasteiger partial charge in [-0.1, -0.05) is 136 Å². The molecule has 130 valence electrons. The second-order valence-corrected chi connectivity index (χ2v) is 7.01. The molecule has 0 heterocycles. The van der Waals surface area contributed by atoms with Crippen molar-refractivity contribution >= 4 is 0 Å². The Labute approximate surface area is 155 Å². The standard InChI is InChI=1S/C21H44.Zn/c1-3-5-7-9-11-13-15-17-19-21-20-18-16-14-12-10-8-6-4-2;/h3-21H2,1-2H3;. The van der Waals surface area contributed by atoms with Gasteiger partial charge < -0.3 is 0 Å². The van der Waals surface area contributed by atoms with Gasteiger partial charge in [-0.3, -0.25) is 0 Å². The molecular formula is C21H44Zn. The first-order chi connectivity index (χ1) is 10.4. The Balaban J connectivity index is 0. The summed E-state index contributed by atoms with van der Waals surface area (Å²) in [5.41, 5.74) is 0. The zero-order valence-electron chi connectivity index (χ0n) is 16.1. The molecule has 0 N–H and O–H groups in total. The predicted octanol–water partition coefficient (Wildman–Crippen LogP) is 8.44. The van der Waals surface area contributed by atoms with Crippen LogP contribution in [-0.4, -0.2) is 0 Å². The monoisotopic (exact) mass is 360 g/mol. The van der Waals surface area contributed by atoms with E-state index in [0.29, 0.717) is 0 Å². The third-order valence-corrected chi connectivity index (χ3v) is 4.71. The van der Waals surface area contributed by atoms with Crippen molar-refractivity contribution in [1.82, 2.24) is 0 Å². The zero-order valence-corrected chi connectivity index (χ0v) is 19.1. The van der Waals surface area contributed by atoms with Gasteiger partial charge in [-0.05, 0) is 0 Å². The van der Waals surface area contributed by atoms with Crippen molar-refractivity contribution in [2.45, 2.75) is 136 Å². The number of hydrogen-bond donors (Lipinski definition) is 0. The Bertz CT molecular complexity index is 149. The molecule has 0 aromatic carbocycles. The van der Waals surface area contributed by atoms with E-state index in [4.69, 9.17) is 0 Å². The smallest absolute Gasteiger partial charge is 0 e. The largest absolute Gasteiger partial charge is 0.0654 e. The van der Waals surface area contributed by atoms with Gasteiger partial charge in [-0.25, -0.2) is 0 Å². The Hall–Kier alpha value is 0.623. The topological polar surface area (TPSA) is 0 Å². The molecular weight excluding hydrogens is 318 g/mol. The van der Waals surface area contributed by atoms with Gasteiger partial charge in [0.15, 0.2) is 0 Å². The van der Waals surface area contributed by atoms with Crippen LogP contribution < -0.4 is 0 Å². The molecule has 22 heavy (non-hydrogen) atoms. The van der Waals surface area contributed by atoms with E-state index in [1.54, 1.807) is 0 Å². The maximum Gasteiger partial charge on any atom is 0 e. The summed E-state index contributed by atoms with van der Waals surface area (Å²) in [7, 11) is 0. The van der Waals surface area contributed by atoms with Crippen molar-refractivity contribution in [3.63, 3.8) is 0 Å². The summed E-state index contributed by atoms with van der Waals surface area (Å²) in [6, 6.07) is 0. The molecule has 1 heteroatoms. The minimum atomic E-state index is 0. The van der Waals surface area contributed by atoms with Crippen molar-refractivity contribution in [3.05, 3.63) is 0 Å². The molecule has 0 saturated carbocycles. The molecule has 0 aromatic heterocycles. The Morgan fingerprint density at radius 3 is 0.545 bits per heavy atom. The predicted molar refractivity (Wildman–Crippen MR) is 99.1 cm³/mol. The molecule has 0 aliphatic carbocycles. The Morgan fingerprint density at radius 1 is 0.273 bits per heavy atom. The van der Waals surface area contributed by atoms with Gasteiger partial charge in [0.05, 0.1) is 0 Å². The fraction of sp³-hybridized carbons (Fsp3) is 1.00. The molecule has 0 unspecified atom stereocenters. The van der Waals surface area contributed by atoms with Crippen LogP contribution in [0.2, 0.25) is 0 Å². The van der Waals surface area contributed by atoms with Crippen LogP contribution in [-0.2, 0) is 19.5 Å². The van der Waals surface area contributed by atoms with Crippen LogP contribution >= 0.6 is 0 Å². The molecule has 0 spiro atoms. The molecule has 0 aromatic rings. The van der Waals surface area contributed by atoms with E-state index in [1.165, 1.54) is 122 Å². The average Bonchev–Trinajstić information content (AvgIpc) is 2.50. The zero-order chi connectivity index (χ0) is 15.4. The number of rotatable bonds is 18. The summed E-state index contributed by atoms with van der Waals surface area (Å²) < 4.78 is 0. The number of unbranched alkanes of at least 4 members (excludes halogenated alkanes) is 18. The molecule has 0 amide bonds. The second-order valence-electron chi connectivity index (χ2n) is 7.01. The summed E-state index contributed by atoms with van der Waals surface area (Å²) in [5, 5.41) is 0. The van der Waals surface area contributed by atoms with Crippen LogP contribution in [0, 0.1) is 0 Å².